The number of hydrogen-bond donors (Lipinski definition) is 0. The number of furan rings is 1. The molecule has 3 heteroatoms. The molecule has 11 aromatic carbocycles. The van der Waals surface area contributed by atoms with Crippen LogP contribution in [0.2, 0.25) is 0 Å². The second-order valence-corrected chi connectivity index (χ2v) is 16.8. The van der Waals surface area contributed by atoms with E-state index in [9.17, 15) is 0 Å². The molecule has 0 saturated heterocycles. The van der Waals surface area contributed by atoms with Gasteiger partial charge in [-0.1, -0.05) is 176 Å². The van der Waals surface area contributed by atoms with Gasteiger partial charge in [-0.2, -0.15) is 0 Å². The molecule has 0 atom stereocenters. The third kappa shape index (κ3) is 6.05. The lowest BCUT2D eigenvalue weighted by molar-refractivity contribution is 0.669. The molecule has 0 aliphatic rings. The SMILES string of the molecule is c1ccc(N(c2ccc(-c3ccccc3-n3c4ccccc4c4ccccc43)cc2)c2ccccc2-c2ccc3c(c2)oc2ccccc23)c(-c2ccc3c(ccc4ccccc43)c2)c1. The van der Waals surface area contributed by atoms with Gasteiger partial charge in [0.15, 0.2) is 0 Å². The number of para-hydroxylation sites is 6. The first-order valence-electron chi connectivity index (χ1n) is 22.2. The molecule has 0 aliphatic heterocycles. The Morgan fingerprint density at radius 2 is 0.800 bits per heavy atom. The van der Waals surface area contributed by atoms with Gasteiger partial charge in [0.1, 0.15) is 11.2 Å². The zero-order chi connectivity index (χ0) is 42.8. The van der Waals surface area contributed by atoms with Crippen LogP contribution in [-0.4, -0.2) is 4.57 Å². The molecule has 0 amide bonds. The Morgan fingerprint density at radius 3 is 1.52 bits per heavy atom. The van der Waals surface area contributed by atoms with Crippen molar-refractivity contribution in [3.05, 3.63) is 243 Å². The van der Waals surface area contributed by atoms with E-state index in [1.54, 1.807) is 0 Å². The van der Waals surface area contributed by atoms with E-state index < -0.39 is 0 Å². The Hall–Kier alpha value is -8.66. The van der Waals surface area contributed by atoms with Crippen LogP contribution in [0.5, 0.6) is 0 Å². The maximum Gasteiger partial charge on any atom is 0.136 e. The van der Waals surface area contributed by atoms with Crippen molar-refractivity contribution in [3.63, 3.8) is 0 Å². The minimum Gasteiger partial charge on any atom is -0.456 e. The Labute approximate surface area is 376 Å². The van der Waals surface area contributed by atoms with E-state index in [2.05, 4.69) is 240 Å². The molecule has 0 bridgehead atoms. The summed E-state index contributed by atoms with van der Waals surface area (Å²) in [5, 5.41) is 9.73. The topological polar surface area (TPSA) is 21.3 Å². The Morgan fingerprint density at radius 1 is 0.308 bits per heavy atom. The fourth-order valence-corrected chi connectivity index (χ4v) is 10.2. The van der Waals surface area contributed by atoms with E-state index in [0.717, 1.165) is 72.5 Å². The molecule has 0 saturated carbocycles. The maximum absolute atomic E-state index is 6.45. The normalized spacial score (nSPS) is 11.7. The molecule has 2 heterocycles. The summed E-state index contributed by atoms with van der Waals surface area (Å²) in [5.41, 5.74) is 15.3. The van der Waals surface area contributed by atoms with Crippen molar-refractivity contribution in [3.8, 4) is 39.1 Å². The lowest BCUT2D eigenvalue weighted by atomic mass is 9.95. The van der Waals surface area contributed by atoms with Gasteiger partial charge in [-0.25, -0.2) is 0 Å². The fraction of sp³-hybridized carbons (Fsp3) is 0. The number of aromatic nitrogens is 1. The van der Waals surface area contributed by atoms with Crippen LogP contribution in [0.1, 0.15) is 0 Å². The molecule has 2 aromatic heterocycles. The van der Waals surface area contributed by atoms with Gasteiger partial charge in [-0.15, -0.1) is 0 Å². The molecule has 3 nitrogen and oxygen atoms in total. The molecule has 0 unspecified atom stereocenters. The predicted octanol–water partition coefficient (Wildman–Crippen LogP) is 17.5. The van der Waals surface area contributed by atoms with Gasteiger partial charge in [0.2, 0.25) is 0 Å². The summed E-state index contributed by atoms with van der Waals surface area (Å²) in [4.78, 5) is 2.43. The Bertz CT molecular complexity index is 3910. The highest BCUT2D eigenvalue weighted by molar-refractivity contribution is 6.11. The first-order valence-corrected chi connectivity index (χ1v) is 22.2. The summed E-state index contributed by atoms with van der Waals surface area (Å²) < 4.78 is 8.86. The summed E-state index contributed by atoms with van der Waals surface area (Å²) in [6.07, 6.45) is 0. The Kier molecular flexibility index (Phi) is 8.53. The molecule has 0 radical (unpaired) electrons. The van der Waals surface area contributed by atoms with Crippen molar-refractivity contribution >= 4 is 82.4 Å². The van der Waals surface area contributed by atoms with E-state index in [0.29, 0.717) is 0 Å². The first kappa shape index (κ1) is 36.9. The van der Waals surface area contributed by atoms with Gasteiger partial charge in [0, 0.05) is 43.9 Å². The minimum absolute atomic E-state index is 0.875. The van der Waals surface area contributed by atoms with Gasteiger partial charge in [-0.05, 0) is 105 Å². The van der Waals surface area contributed by atoms with E-state index in [1.807, 2.05) is 12.1 Å². The molecule has 304 valence electrons. The van der Waals surface area contributed by atoms with Crippen LogP contribution in [0, 0.1) is 0 Å². The molecular formula is C62H40N2O. The standard InChI is InChI=1S/C62H40N2O/c1-2-16-47-41(15-1)29-30-43-39-44(33-37-48(43)47)50-18-4-9-23-56(50)63(57-24-10-5-19-51(57)45-34-38-55-54-22-8-14-28-61(54)65-62(55)40-45)46-35-31-42(32-36-46)49-17-3-11-25-58(49)64-59-26-12-6-20-52(59)53-21-7-13-27-60(53)64/h1-40H. The highest BCUT2D eigenvalue weighted by Crippen LogP contribution is 2.47. The van der Waals surface area contributed by atoms with Crippen LogP contribution in [0.25, 0.3) is 104 Å². The average Bonchev–Trinajstić information content (AvgIpc) is 3.92. The summed E-state index contributed by atoms with van der Waals surface area (Å²) >= 11 is 0. The van der Waals surface area contributed by atoms with Gasteiger partial charge >= 0.3 is 0 Å². The van der Waals surface area contributed by atoms with Crippen molar-refractivity contribution in [2.75, 3.05) is 4.90 Å². The van der Waals surface area contributed by atoms with Crippen molar-refractivity contribution in [2.45, 2.75) is 0 Å². The van der Waals surface area contributed by atoms with Gasteiger partial charge in [0.05, 0.1) is 28.1 Å². The maximum atomic E-state index is 6.45. The van der Waals surface area contributed by atoms with Crippen molar-refractivity contribution in [1.29, 1.82) is 0 Å². The summed E-state index contributed by atoms with van der Waals surface area (Å²) in [6, 6.07) is 87.8. The molecule has 13 aromatic rings. The van der Waals surface area contributed by atoms with E-state index in [-0.39, 0.29) is 0 Å². The number of anilines is 3. The smallest absolute Gasteiger partial charge is 0.136 e. The summed E-state index contributed by atoms with van der Waals surface area (Å²) in [6.45, 7) is 0. The van der Waals surface area contributed by atoms with E-state index in [1.165, 1.54) is 48.9 Å². The summed E-state index contributed by atoms with van der Waals surface area (Å²) in [7, 11) is 0. The molecule has 0 fully saturated rings. The molecule has 0 N–H and O–H groups in total. The molecule has 13 rings (SSSR count). The largest absolute Gasteiger partial charge is 0.456 e. The zero-order valence-electron chi connectivity index (χ0n) is 35.4. The molecule has 0 aliphatic carbocycles. The second-order valence-electron chi connectivity index (χ2n) is 16.8. The highest BCUT2D eigenvalue weighted by Gasteiger charge is 2.22. The first-order chi connectivity index (χ1) is 32.2. The molecular weight excluding hydrogens is 789 g/mol. The van der Waals surface area contributed by atoms with Gasteiger partial charge < -0.3 is 13.9 Å². The number of nitrogens with zero attached hydrogens (tertiary/aromatic N) is 2. The summed E-state index contributed by atoms with van der Waals surface area (Å²) in [5.74, 6) is 0. The van der Waals surface area contributed by atoms with Crippen LogP contribution in [0.15, 0.2) is 247 Å². The number of rotatable bonds is 7. The van der Waals surface area contributed by atoms with Gasteiger partial charge in [-0.3, -0.25) is 0 Å². The van der Waals surface area contributed by atoms with E-state index in [4.69, 9.17) is 4.42 Å². The van der Waals surface area contributed by atoms with Crippen LogP contribution in [-0.2, 0) is 0 Å². The lowest BCUT2D eigenvalue weighted by Gasteiger charge is -2.30. The van der Waals surface area contributed by atoms with Crippen LogP contribution in [0.4, 0.5) is 17.1 Å². The molecule has 0 spiro atoms. The van der Waals surface area contributed by atoms with Crippen LogP contribution < -0.4 is 4.90 Å². The quantitative estimate of drug-likeness (QED) is 0.149. The number of fused-ring (bicyclic) bond motifs is 9. The predicted molar refractivity (Wildman–Crippen MR) is 274 cm³/mol. The van der Waals surface area contributed by atoms with Crippen LogP contribution >= 0.6 is 0 Å². The molecule has 65 heavy (non-hydrogen) atoms. The lowest BCUT2D eigenvalue weighted by Crippen LogP contribution is -2.12. The van der Waals surface area contributed by atoms with Gasteiger partial charge in [0.25, 0.3) is 0 Å². The number of benzene rings is 11. The Balaban J connectivity index is 0.990. The van der Waals surface area contributed by atoms with E-state index >= 15 is 0 Å². The second kappa shape index (κ2) is 15.0. The highest BCUT2D eigenvalue weighted by atomic mass is 16.3. The average molecular weight is 829 g/mol. The number of hydrogen-bond acceptors (Lipinski definition) is 2. The zero-order valence-corrected chi connectivity index (χ0v) is 35.4. The monoisotopic (exact) mass is 828 g/mol. The minimum atomic E-state index is 0.875. The fourth-order valence-electron chi connectivity index (χ4n) is 10.2. The third-order valence-electron chi connectivity index (χ3n) is 13.2. The van der Waals surface area contributed by atoms with Crippen LogP contribution in [0.3, 0.4) is 0 Å². The van der Waals surface area contributed by atoms with Crippen molar-refractivity contribution in [2.24, 2.45) is 0 Å². The van der Waals surface area contributed by atoms with Crippen molar-refractivity contribution < 1.29 is 4.42 Å². The van der Waals surface area contributed by atoms with Crippen molar-refractivity contribution in [1.82, 2.24) is 4.57 Å². The third-order valence-corrected chi connectivity index (χ3v) is 13.2.